The van der Waals surface area contributed by atoms with E-state index in [9.17, 15) is 0 Å². The van der Waals surface area contributed by atoms with Crippen molar-refractivity contribution < 1.29 is 0 Å². The van der Waals surface area contributed by atoms with Crippen LogP contribution >= 0.6 is 0 Å². The van der Waals surface area contributed by atoms with E-state index in [2.05, 4.69) is 42.4 Å². The van der Waals surface area contributed by atoms with Crippen LogP contribution in [0.5, 0.6) is 0 Å². The van der Waals surface area contributed by atoms with Gasteiger partial charge in [-0.25, -0.2) is 0 Å². The van der Waals surface area contributed by atoms with Crippen molar-refractivity contribution in [3.05, 3.63) is 36.1 Å². The first kappa shape index (κ1) is 8.22. The molecule has 14 heavy (non-hydrogen) atoms. The first-order valence-corrected chi connectivity index (χ1v) is 5.37. The summed E-state index contributed by atoms with van der Waals surface area (Å²) in [6.07, 6.45) is 15.8. The molecule has 3 atom stereocenters. The SMILES string of the molecule is CC1=CC2CC2(C2C=NC=CC2)C=C1. The van der Waals surface area contributed by atoms with Crippen molar-refractivity contribution in [2.45, 2.75) is 19.8 Å². The van der Waals surface area contributed by atoms with Crippen LogP contribution in [0.4, 0.5) is 0 Å². The molecule has 0 N–H and O–H groups in total. The summed E-state index contributed by atoms with van der Waals surface area (Å²) in [6.45, 7) is 2.19. The molecule has 3 rings (SSSR count). The minimum Gasteiger partial charge on any atom is -0.269 e. The molecule has 1 heteroatoms. The zero-order chi connectivity index (χ0) is 9.60. The molecule has 1 heterocycles. The molecule has 1 saturated carbocycles. The summed E-state index contributed by atoms with van der Waals surface area (Å²) in [5.74, 6) is 1.42. The van der Waals surface area contributed by atoms with Crippen molar-refractivity contribution in [3.8, 4) is 0 Å². The Bertz CT molecular complexity index is 373. The van der Waals surface area contributed by atoms with Crippen molar-refractivity contribution in [2.24, 2.45) is 22.2 Å². The second-order valence-electron chi connectivity index (χ2n) is 4.69. The maximum absolute atomic E-state index is 4.26. The predicted molar refractivity (Wildman–Crippen MR) is 59.2 cm³/mol. The van der Waals surface area contributed by atoms with Gasteiger partial charge in [0.2, 0.25) is 0 Å². The van der Waals surface area contributed by atoms with Crippen LogP contribution < -0.4 is 0 Å². The lowest BCUT2D eigenvalue weighted by molar-refractivity contribution is 0.467. The van der Waals surface area contributed by atoms with Gasteiger partial charge >= 0.3 is 0 Å². The van der Waals surface area contributed by atoms with E-state index in [1.54, 1.807) is 0 Å². The summed E-state index contributed by atoms with van der Waals surface area (Å²) in [6, 6.07) is 0. The molecule has 3 aliphatic rings. The van der Waals surface area contributed by atoms with E-state index in [4.69, 9.17) is 0 Å². The zero-order valence-corrected chi connectivity index (χ0v) is 8.48. The van der Waals surface area contributed by atoms with Gasteiger partial charge in [-0.2, -0.15) is 0 Å². The van der Waals surface area contributed by atoms with Gasteiger partial charge < -0.3 is 0 Å². The molecule has 2 aliphatic carbocycles. The number of rotatable bonds is 1. The van der Waals surface area contributed by atoms with Crippen molar-refractivity contribution in [2.75, 3.05) is 0 Å². The highest BCUT2D eigenvalue weighted by atomic mass is 14.7. The van der Waals surface area contributed by atoms with E-state index in [1.807, 2.05) is 6.20 Å². The van der Waals surface area contributed by atoms with Gasteiger partial charge in [0.25, 0.3) is 0 Å². The van der Waals surface area contributed by atoms with Gasteiger partial charge in [-0.1, -0.05) is 29.9 Å². The highest BCUT2D eigenvalue weighted by molar-refractivity contribution is 5.67. The standard InChI is InChI=1S/C13H15N/c1-10-4-5-13(8-12(13)7-10)11-3-2-6-14-9-11/h2,4-7,9,11-12H,3,8H2,1H3. The summed E-state index contributed by atoms with van der Waals surface area (Å²) in [7, 11) is 0. The van der Waals surface area contributed by atoms with Gasteiger partial charge in [-0.05, 0) is 25.7 Å². The largest absolute Gasteiger partial charge is 0.269 e. The summed E-state index contributed by atoms with van der Waals surface area (Å²) in [4.78, 5) is 4.26. The van der Waals surface area contributed by atoms with Crippen LogP contribution in [0, 0.1) is 17.3 Å². The van der Waals surface area contributed by atoms with Crippen LogP contribution in [-0.2, 0) is 0 Å². The minimum absolute atomic E-state index is 0.438. The number of aliphatic imine (C=N–C) groups is 1. The highest BCUT2D eigenvalue weighted by Gasteiger charge is 2.55. The van der Waals surface area contributed by atoms with E-state index >= 15 is 0 Å². The highest BCUT2D eigenvalue weighted by Crippen LogP contribution is 2.62. The van der Waals surface area contributed by atoms with E-state index in [0.29, 0.717) is 11.3 Å². The zero-order valence-electron chi connectivity index (χ0n) is 8.48. The number of nitrogens with zero attached hydrogens (tertiary/aromatic N) is 1. The fraction of sp³-hybridized carbons (Fsp3) is 0.462. The van der Waals surface area contributed by atoms with E-state index in [0.717, 1.165) is 12.3 Å². The van der Waals surface area contributed by atoms with Gasteiger partial charge in [0, 0.05) is 23.7 Å². The number of hydrogen-bond donors (Lipinski definition) is 0. The van der Waals surface area contributed by atoms with Crippen molar-refractivity contribution >= 4 is 6.21 Å². The molecule has 0 radical (unpaired) electrons. The second-order valence-corrected chi connectivity index (χ2v) is 4.69. The Morgan fingerprint density at radius 2 is 2.36 bits per heavy atom. The third kappa shape index (κ3) is 1.05. The average Bonchev–Trinajstić information content (AvgIpc) is 2.94. The van der Waals surface area contributed by atoms with Crippen LogP contribution in [0.25, 0.3) is 0 Å². The lowest BCUT2D eigenvalue weighted by atomic mass is 9.81. The Morgan fingerprint density at radius 3 is 3.07 bits per heavy atom. The topological polar surface area (TPSA) is 12.4 Å². The smallest absolute Gasteiger partial charge is 0.0224 e. The number of allylic oxidation sites excluding steroid dienone is 5. The third-order valence-corrected chi connectivity index (χ3v) is 3.76. The van der Waals surface area contributed by atoms with Gasteiger partial charge in [0.1, 0.15) is 0 Å². The summed E-state index contributed by atoms with van der Waals surface area (Å²) in [5.41, 5.74) is 1.86. The van der Waals surface area contributed by atoms with Gasteiger partial charge in [-0.15, -0.1) is 0 Å². The molecule has 72 valence electrons. The lowest BCUT2D eigenvalue weighted by Crippen LogP contribution is -2.19. The summed E-state index contributed by atoms with van der Waals surface area (Å²) >= 11 is 0. The molecule has 0 bridgehead atoms. The molecule has 0 aromatic carbocycles. The third-order valence-electron chi connectivity index (χ3n) is 3.76. The van der Waals surface area contributed by atoms with Crippen molar-refractivity contribution in [3.63, 3.8) is 0 Å². The molecule has 1 nitrogen and oxygen atoms in total. The van der Waals surface area contributed by atoms with Crippen LogP contribution in [0.2, 0.25) is 0 Å². The van der Waals surface area contributed by atoms with Crippen molar-refractivity contribution in [1.29, 1.82) is 0 Å². The van der Waals surface area contributed by atoms with E-state index < -0.39 is 0 Å². The Balaban J connectivity index is 1.86. The molecule has 1 fully saturated rings. The van der Waals surface area contributed by atoms with Crippen LogP contribution in [0.1, 0.15) is 19.8 Å². The van der Waals surface area contributed by atoms with Crippen molar-refractivity contribution in [1.82, 2.24) is 0 Å². The van der Waals surface area contributed by atoms with E-state index in [-0.39, 0.29) is 0 Å². The Morgan fingerprint density at radius 1 is 1.43 bits per heavy atom. The molecule has 3 unspecified atom stereocenters. The van der Waals surface area contributed by atoms with Crippen LogP contribution in [0.15, 0.2) is 41.1 Å². The Kier molecular flexibility index (Phi) is 1.58. The molecule has 0 spiro atoms. The lowest BCUT2D eigenvalue weighted by Gasteiger charge is -2.23. The maximum atomic E-state index is 4.26. The van der Waals surface area contributed by atoms with Crippen LogP contribution in [-0.4, -0.2) is 6.21 Å². The van der Waals surface area contributed by atoms with Gasteiger partial charge in [-0.3, -0.25) is 4.99 Å². The molecule has 0 aromatic heterocycles. The second kappa shape index (κ2) is 2.69. The molecule has 0 aromatic rings. The van der Waals surface area contributed by atoms with Crippen LogP contribution in [0.3, 0.4) is 0 Å². The number of hydrogen-bond acceptors (Lipinski definition) is 1. The fourth-order valence-electron chi connectivity index (χ4n) is 2.78. The van der Waals surface area contributed by atoms with Gasteiger partial charge in [0.15, 0.2) is 0 Å². The molecule has 1 aliphatic heterocycles. The Hall–Kier alpha value is -1.11. The summed E-state index contributed by atoms with van der Waals surface area (Å²) in [5, 5.41) is 0. The first-order valence-electron chi connectivity index (χ1n) is 5.37. The quantitative estimate of drug-likeness (QED) is 0.595. The van der Waals surface area contributed by atoms with E-state index in [1.165, 1.54) is 12.0 Å². The minimum atomic E-state index is 0.438. The predicted octanol–water partition coefficient (Wildman–Crippen LogP) is 3.11. The normalized spacial score (nSPS) is 43.4. The molecular formula is C13H15N. The molecule has 0 amide bonds. The average molecular weight is 185 g/mol. The molecule has 0 saturated heterocycles. The first-order chi connectivity index (χ1) is 6.81. The molecular weight excluding hydrogens is 170 g/mol. The van der Waals surface area contributed by atoms with Gasteiger partial charge in [0.05, 0.1) is 0 Å². The number of fused-ring (bicyclic) bond motifs is 1. The maximum Gasteiger partial charge on any atom is 0.0224 e. The Labute approximate surface area is 84.9 Å². The fourth-order valence-corrected chi connectivity index (χ4v) is 2.78. The monoisotopic (exact) mass is 185 g/mol. The summed E-state index contributed by atoms with van der Waals surface area (Å²) < 4.78 is 0.